The van der Waals surface area contributed by atoms with Gasteiger partial charge in [-0.1, -0.05) is 0 Å². The number of amides is 2. The van der Waals surface area contributed by atoms with Gasteiger partial charge in [0.25, 0.3) is 0 Å². The summed E-state index contributed by atoms with van der Waals surface area (Å²) < 4.78 is 0. The van der Waals surface area contributed by atoms with Crippen molar-refractivity contribution >= 4 is 17.8 Å². The normalized spacial score (nSPS) is 20.1. The van der Waals surface area contributed by atoms with Crippen molar-refractivity contribution in [1.82, 2.24) is 10.2 Å². The Morgan fingerprint density at radius 1 is 1.47 bits per heavy atom. The zero-order valence-electron chi connectivity index (χ0n) is 8.52. The summed E-state index contributed by atoms with van der Waals surface area (Å²) in [6, 6.07) is -0.730. The Kier molecular flexibility index (Phi) is 3.65. The van der Waals surface area contributed by atoms with Crippen LogP contribution in [-0.4, -0.2) is 46.9 Å². The van der Waals surface area contributed by atoms with Crippen molar-refractivity contribution in [2.24, 2.45) is 0 Å². The van der Waals surface area contributed by atoms with Crippen LogP contribution in [0.2, 0.25) is 0 Å². The highest BCUT2D eigenvalue weighted by Crippen LogP contribution is 2.16. The monoisotopic (exact) mass is 214 g/mol. The highest BCUT2D eigenvalue weighted by atomic mass is 16.4. The smallest absolute Gasteiger partial charge is 0.326 e. The number of carbonyl (C=O) groups excluding carboxylic acids is 2. The SMILES string of the molecule is CC(=O)NCC(=O)N1CCC[C@@H]1C(=O)O. The van der Waals surface area contributed by atoms with Gasteiger partial charge in [0.15, 0.2) is 0 Å². The molecule has 0 saturated carbocycles. The van der Waals surface area contributed by atoms with E-state index in [4.69, 9.17) is 5.11 Å². The van der Waals surface area contributed by atoms with Crippen LogP contribution in [0.15, 0.2) is 0 Å². The lowest BCUT2D eigenvalue weighted by atomic mass is 10.2. The molecule has 1 heterocycles. The van der Waals surface area contributed by atoms with Gasteiger partial charge in [-0.3, -0.25) is 9.59 Å². The van der Waals surface area contributed by atoms with Crippen molar-refractivity contribution < 1.29 is 19.5 Å². The van der Waals surface area contributed by atoms with Gasteiger partial charge in [0.05, 0.1) is 6.54 Å². The van der Waals surface area contributed by atoms with Crippen molar-refractivity contribution in [2.45, 2.75) is 25.8 Å². The van der Waals surface area contributed by atoms with Crippen LogP contribution in [0, 0.1) is 0 Å². The first-order valence-electron chi connectivity index (χ1n) is 4.79. The molecule has 0 spiro atoms. The van der Waals surface area contributed by atoms with Gasteiger partial charge >= 0.3 is 5.97 Å². The van der Waals surface area contributed by atoms with Gasteiger partial charge < -0.3 is 15.3 Å². The number of carboxylic acid groups (broad SMARTS) is 1. The van der Waals surface area contributed by atoms with Crippen molar-refractivity contribution in [2.75, 3.05) is 13.1 Å². The number of nitrogens with zero attached hydrogens (tertiary/aromatic N) is 1. The summed E-state index contributed by atoms with van der Waals surface area (Å²) in [5.74, 6) is -1.62. The Morgan fingerprint density at radius 3 is 2.67 bits per heavy atom. The Balaban J connectivity index is 2.51. The van der Waals surface area contributed by atoms with E-state index in [1.165, 1.54) is 11.8 Å². The number of nitrogens with one attached hydrogen (secondary N) is 1. The number of hydrogen-bond donors (Lipinski definition) is 2. The Labute approximate surface area is 87.2 Å². The molecule has 2 N–H and O–H groups in total. The summed E-state index contributed by atoms with van der Waals surface area (Å²) in [4.78, 5) is 34.2. The molecule has 2 amide bonds. The van der Waals surface area contributed by atoms with Gasteiger partial charge in [-0.2, -0.15) is 0 Å². The topological polar surface area (TPSA) is 86.7 Å². The second kappa shape index (κ2) is 4.77. The molecule has 15 heavy (non-hydrogen) atoms. The van der Waals surface area contributed by atoms with Crippen LogP contribution < -0.4 is 5.32 Å². The van der Waals surface area contributed by atoms with Crippen molar-refractivity contribution in [3.8, 4) is 0 Å². The summed E-state index contributed by atoms with van der Waals surface area (Å²) in [7, 11) is 0. The maximum absolute atomic E-state index is 11.5. The molecule has 1 fully saturated rings. The zero-order valence-corrected chi connectivity index (χ0v) is 8.52. The predicted octanol–water partition coefficient (Wildman–Crippen LogP) is -0.802. The first-order valence-corrected chi connectivity index (χ1v) is 4.79. The van der Waals surface area contributed by atoms with Gasteiger partial charge in [0.2, 0.25) is 11.8 Å². The molecule has 0 radical (unpaired) electrons. The number of carbonyl (C=O) groups is 3. The molecule has 1 atom stereocenters. The Morgan fingerprint density at radius 2 is 2.13 bits per heavy atom. The molecule has 6 heteroatoms. The average Bonchev–Trinajstić information content (AvgIpc) is 2.62. The van der Waals surface area contributed by atoms with Crippen LogP contribution in [0.4, 0.5) is 0 Å². The van der Waals surface area contributed by atoms with E-state index >= 15 is 0 Å². The molecule has 1 saturated heterocycles. The van der Waals surface area contributed by atoms with Crippen LogP contribution in [0.25, 0.3) is 0 Å². The highest BCUT2D eigenvalue weighted by Gasteiger charge is 2.33. The van der Waals surface area contributed by atoms with E-state index in [2.05, 4.69) is 5.32 Å². The quantitative estimate of drug-likeness (QED) is 0.643. The van der Waals surface area contributed by atoms with Gasteiger partial charge in [-0.05, 0) is 12.8 Å². The molecule has 0 unspecified atom stereocenters. The summed E-state index contributed by atoms with van der Waals surface area (Å²) in [5.41, 5.74) is 0. The first kappa shape index (κ1) is 11.5. The fourth-order valence-corrected chi connectivity index (χ4v) is 1.62. The van der Waals surface area contributed by atoms with E-state index in [1.54, 1.807) is 0 Å². The lowest BCUT2D eigenvalue weighted by Crippen LogP contribution is -2.45. The van der Waals surface area contributed by atoms with Crippen molar-refractivity contribution in [3.05, 3.63) is 0 Å². The maximum Gasteiger partial charge on any atom is 0.326 e. The molecule has 0 aromatic carbocycles. The van der Waals surface area contributed by atoms with E-state index < -0.39 is 12.0 Å². The van der Waals surface area contributed by atoms with Crippen LogP contribution in [-0.2, 0) is 14.4 Å². The predicted molar refractivity (Wildman–Crippen MR) is 51.1 cm³/mol. The Bertz CT molecular complexity index is 290. The molecule has 1 aliphatic rings. The van der Waals surface area contributed by atoms with Crippen molar-refractivity contribution in [1.29, 1.82) is 0 Å². The molecular weight excluding hydrogens is 200 g/mol. The molecule has 6 nitrogen and oxygen atoms in total. The molecule has 0 aromatic rings. The average molecular weight is 214 g/mol. The lowest BCUT2D eigenvalue weighted by molar-refractivity contribution is -0.148. The molecule has 0 aliphatic carbocycles. The number of likely N-dealkylation sites (tertiary alicyclic amines) is 1. The molecule has 84 valence electrons. The third-order valence-electron chi connectivity index (χ3n) is 2.35. The second-order valence-electron chi connectivity index (χ2n) is 3.49. The molecule has 1 aliphatic heterocycles. The van der Waals surface area contributed by atoms with Crippen LogP contribution in [0.1, 0.15) is 19.8 Å². The third kappa shape index (κ3) is 2.93. The van der Waals surface area contributed by atoms with E-state index in [-0.39, 0.29) is 18.4 Å². The molecule has 0 aromatic heterocycles. The third-order valence-corrected chi connectivity index (χ3v) is 2.35. The highest BCUT2D eigenvalue weighted by molar-refractivity contribution is 5.87. The molecular formula is C9H14N2O4. The zero-order chi connectivity index (χ0) is 11.4. The minimum absolute atomic E-state index is 0.126. The second-order valence-corrected chi connectivity index (χ2v) is 3.49. The van der Waals surface area contributed by atoms with E-state index in [9.17, 15) is 14.4 Å². The summed E-state index contributed by atoms with van der Waals surface area (Å²) in [6.07, 6.45) is 1.18. The van der Waals surface area contributed by atoms with Crippen LogP contribution in [0.5, 0.6) is 0 Å². The summed E-state index contributed by atoms with van der Waals surface area (Å²) >= 11 is 0. The number of hydrogen-bond acceptors (Lipinski definition) is 3. The lowest BCUT2D eigenvalue weighted by Gasteiger charge is -2.21. The number of carboxylic acids is 1. The minimum Gasteiger partial charge on any atom is -0.480 e. The maximum atomic E-state index is 11.5. The van der Waals surface area contributed by atoms with E-state index in [1.807, 2.05) is 0 Å². The first-order chi connectivity index (χ1) is 7.02. The number of rotatable bonds is 3. The van der Waals surface area contributed by atoms with Gasteiger partial charge in [0, 0.05) is 13.5 Å². The minimum atomic E-state index is -0.983. The largest absolute Gasteiger partial charge is 0.480 e. The van der Waals surface area contributed by atoms with Crippen LogP contribution in [0.3, 0.4) is 0 Å². The van der Waals surface area contributed by atoms with E-state index in [0.29, 0.717) is 19.4 Å². The molecule has 1 rings (SSSR count). The molecule has 0 bridgehead atoms. The summed E-state index contributed by atoms with van der Waals surface area (Å²) in [5, 5.41) is 11.2. The van der Waals surface area contributed by atoms with Gasteiger partial charge in [-0.25, -0.2) is 4.79 Å². The van der Waals surface area contributed by atoms with Gasteiger partial charge in [0.1, 0.15) is 6.04 Å². The Hall–Kier alpha value is -1.59. The number of aliphatic carboxylic acids is 1. The van der Waals surface area contributed by atoms with E-state index in [0.717, 1.165) is 0 Å². The summed E-state index contributed by atoms with van der Waals surface area (Å²) in [6.45, 7) is 1.64. The fourth-order valence-electron chi connectivity index (χ4n) is 1.62. The van der Waals surface area contributed by atoms with Crippen molar-refractivity contribution in [3.63, 3.8) is 0 Å². The van der Waals surface area contributed by atoms with Gasteiger partial charge in [-0.15, -0.1) is 0 Å². The standard InChI is InChI=1S/C9H14N2O4/c1-6(12)10-5-8(13)11-4-2-3-7(11)9(14)15/h7H,2-5H2,1H3,(H,10,12)(H,14,15)/t7-/m1/s1. The fraction of sp³-hybridized carbons (Fsp3) is 0.667. The van der Waals surface area contributed by atoms with Crippen LogP contribution >= 0.6 is 0 Å².